The number of hydrogen-bond acceptors (Lipinski definition) is 3. The van der Waals surface area contributed by atoms with E-state index >= 15 is 0 Å². The zero-order valence-electron chi connectivity index (χ0n) is 11.7. The van der Waals surface area contributed by atoms with Crippen molar-refractivity contribution in [2.45, 2.75) is 45.8 Å². The Morgan fingerprint density at radius 1 is 1.44 bits per heavy atom. The summed E-state index contributed by atoms with van der Waals surface area (Å²) in [6, 6.07) is 1.57. The Bertz CT molecular complexity index is 363. The molecule has 0 aromatic carbocycles. The first-order valence-corrected chi connectivity index (χ1v) is 6.41. The SMILES string of the molecule is CCCNC(COC(C)(C)C)c1ccncc1F. The Hall–Kier alpha value is -1.00. The molecule has 3 nitrogen and oxygen atoms in total. The van der Waals surface area contributed by atoms with Gasteiger partial charge < -0.3 is 10.1 Å². The summed E-state index contributed by atoms with van der Waals surface area (Å²) < 4.78 is 19.5. The van der Waals surface area contributed by atoms with Crippen LogP contribution in [-0.4, -0.2) is 23.7 Å². The van der Waals surface area contributed by atoms with Crippen molar-refractivity contribution in [3.8, 4) is 0 Å². The van der Waals surface area contributed by atoms with Crippen LogP contribution in [0.25, 0.3) is 0 Å². The fourth-order valence-electron chi connectivity index (χ4n) is 1.58. The molecule has 0 bridgehead atoms. The van der Waals surface area contributed by atoms with Gasteiger partial charge in [-0.05, 0) is 39.8 Å². The number of nitrogens with one attached hydrogen (secondary N) is 1. The highest BCUT2D eigenvalue weighted by Crippen LogP contribution is 2.19. The van der Waals surface area contributed by atoms with Gasteiger partial charge in [0.25, 0.3) is 0 Å². The van der Waals surface area contributed by atoms with Gasteiger partial charge in [-0.3, -0.25) is 4.98 Å². The summed E-state index contributed by atoms with van der Waals surface area (Å²) in [4.78, 5) is 3.77. The van der Waals surface area contributed by atoms with Gasteiger partial charge >= 0.3 is 0 Å². The lowest BCUT2D eigenvalue weighted by atomic mass is 10.1. The van der Waals surface area contributed by atoms with Gasteiger partial charge in [-0.2, -0.15) is 0 Å². The molecule has 0 saturated carbocycles. The van der Waals surface area contributed by atoms with Gasteiger partial charge in [-0.15, -0.1) is 0 Å². The van der Waals surface area contributed by atoms with Gasteiger partial charge in [0, 0.05) is 11.8 Å². The van der Waals surface area contributed by atoms with Crippen molar-refractivity contribution in [3.63, 3.8) is 0 Å². The maximum absolute atomic E-state index is 13.7. The van der Waals surface area contributed by atoms with Gasteiger partial charge in [-0.1, -0.05) is 6.92 Å². The van der Waals surface area contributed by atoms with E-state index in [1.165, 1.54) is 6.20 Å². The van der Waals surface area contributed by atoms with Gasteiger partial charge in [0.15, 0.2) is 0 Å². The van der Waals surface area contributed by atoms with E-state index < -0.39 is 0 Å². The highest BCUT2D eigenvalue weighted by molar-refractivity contribution is 5.17. The Morgan fingerprint density at radius 2 is 2.17 bits per heavy atom. The molecule has 0 aliphatic rings. The molecular formula is C14H23FN2O. The standard InChI is InChI=1S/C14H23FN2O/c1-5-7-17-13(10-18-14(2,3)4)11-6-8-16-9-12(11)15/h6,8-9,13,17H,5,7,10H2,1-4H3. The number of aromatic nitrogens is 1. The first-order chi connectivity index (χ1) is 8.44. The smallest absolute Gasteiger partial charge is 0.146 e. The third kappa shape index (κ3) is 5.10. The normalized spacial score (nSPS) is 13.6. The zero-order valence-corrected chi connectivity index (χ0v) is 11.7. The lowest BCUT2D eigenvalue weighted by Crippen LogP contribution is -2.31. The molecule has 1 aromatic heterocycles. The van der Waals surface area contributed by atoms with E-state index in [0.717, 1.165) is 13.0 Å². The van der Waals surface area contributed by atoms with E-state index in [-0.39, 0.29) is 17.5 Å². The second kappa shape index (κ2) is 6.81. The van der Waals surface area contributed by atoms with Gasteiger partial charge in [0.05, 0.1) is 24.4 Å². The molecule has 1 atom stereocenters. The van der Waals surface area contributed by atoms with Crippen LogP contribution in [0.3, 0.4) is 0 Å². The summed E-state index contributed by atoms with van der Waals surface area (Å²) in [5.74, 6) is -0.288. The van der Waals surface area contributed by atoms with Crippen molar-refractivity contribution in [3.05, 3.63) is 29.8 Å². The van der Waals surface area contributed by atoms with Crippen LogP contribution in [0.4, 0.5) is 4.39 Å². The summed E-state index contributed by atoms with van der Waals surface area (Å²) in [5.41, 5.74) is 0.387. The fourth-order valence-corrected chi connectivity index (χ4v) is 1.58. The maximum Gasteiger partial charge on any atom is 0.146 e. The fraction of sp³-hybridized carbons (Fsp3) is 0.643. The second-order valence-electron chi connectivity index (χ2n) is 5.33. The van der Waals surface area contributed by atoms with Gasteiger partial charge in [-0.25, -0.2) is 4.39 Å². The van der Waals surface area contributed by atoms with E-state index in [1.54, 1.807) is 12.3 Å². The third-order valence-corrected chi connectivity index (χ3v) is 2.50. The number of ether oxygens (including phenoxy) is 1. The number of hydrogen-bond donors (Lipinski definition) is 1. The number of halogens is 1. The van der Waals surface area contributed by atoms with Crippen LogP contribution in [0.1, 0.15) is 45.7 Å². The van der Waals surface area contributed by atoms with Crippen molar-refractivity contribution >= 4 is 0 Å². The molecule has 1 heterocycles. The number of nitrogens with zero attached hydrogens (tertiary/aromatic N) is 1. The van der Waals surface area contributed by atoms with Gasteiger partial charge in [0.1, 0.15) is 5.82 Å². The molecule has 1 unspecified atom stereocenters. The van der Waals surface area contributed by atoms with E-state index in [9.17, 15) is 4.39 Å². The van der Waals surface area contributed by atoms with Gasteiger partial charge in [0.2, 0.25) is 0 Å². The van der Waals surface area contributed by atoms with E-state index in [0.29, 0.717) is 12.2 Å². The van der Waals surface area contributed by atoms with Crippen molar-refractivity contribution in [2.24, 2.45) is 0 Å². The molecule has 0 fully saturated rings. The van der Waals surface area contributed by atoms with Crippen LogP contribution in [0, 0.1) is 5.82 Å². The highest BCUT2D eigenvalue weighted by Gasteiger charge is 2.19. The monoisotopic (exact) mass is 254 g/mol. The van der Waals surface area contributed by atoms with Crippen LogP contribution >= 0.6 is 0 Å². The predicted octanol–water partition coefficient (Wildman–Crippen LogP) is 3.08. The van der Waals surface area contributed by atoms with Crippen molar-refractivity contribution in [1.29, 1.82) is 0 Å². The lowest BCUT2D eigenvalue weighted by molar-refractivity contribution is -0.0152. The first kappa shape index (κ1) is 15.1. The summed E-state index contributed by atoms with van der Waals surface area (Å²) in [6.45, 7) is 9.34. The quantitative estimate of drug-likeness (QED) is 0.847. The molecule has 0 aliphatic heterocycles. The molecular weight excluding hydrogens is 231 g/mol. The summed E-state index contributed by atoms with van der Waals surface area (Å²) >= 11 is 0. The highest BCUT2D eigenvalue weighted by atomic mass is 19.1. The molecule has 0 radical (unpaired) electrons. The molecule has 0 spiro atoms. The Balaban J connectivity index is 2.75. The minimum atomic E-state index is -0.288. The lowest BCUT2D eigenvalue weighted by Gasteiger charge is -2.25. The van der Waals surface area contributed by atoms with Crippen molar-refractivity contribution in [1.82, 2.24) is 10.3 Å². The summed E-state index contributed by atoms with van der Waals surface area (Å²) in [6.07, 6.45) is 3.85. The Kier molecular flexibility index (Phi) is 5.69. The molecule has 1 aromatic rings. The van der Waals surface area contributed by atoms with Crippen LogP contribution in [-0.2, 0) is 4.74 Å². The summed E-state index contributed by atoms with van der Waals surface area (Å²) in [7, 11) is 0. The topological polar surface area (TPSA) is 34.1 Å². The maximum atomic E-state index is 13.7. The van der Waals surface area contributed by atoms with E-state index in [4.69, 9.17) is 4.74 Å². The van der Waals surface area contributed by atoms with Crippen LogP contribution < -0.4 is 5.32 Å². The second-order valence-corrected chi connectivity index (χ2v) is 5.33. The minimum absolute atomic E-state index is 0.132. The van der Waals surface area contributed by atoms with Crippen LogP contribution in [0.5, 0.6) is 0 Å². The molecule has 18 heavy (non-hydrogen) atoms. The molecule has 1 rings (SSSR count). The van der Waals surface area contributed by atoms with Crippen molar-refractivity contribution < 1.29 is 9.13 Å². The zero-order chi connectivity index (χ0) is 13.6. The van der Waals surface area contributed by atoms with E-state index in [1.807, 2.05) is 20.8 Å². The van der Waals surface area contributed by atoms with Crippen LogP contribution in [0.15, 0.2) is 18.5 Å². The van der Waals surface area contributed by atoms with Crippen LogP contribution in [0.2, 0.25) is 0 Å². The van der Waals surface area contributed by atoms with E-state index in [2.05, 4.69) is 17.2 Å². The molecule has 102 valence electrons. The molecule has 0 aliphatic carbocycles. The number of rotatable bonds is 6. The average molecular weight is 254 g/mol. The predicted molar refractivity (Wildman–Crippen MR) is 70.9 cm³/mol. The first-order valence-electron chi connectivity index (χ1n) is 6.41. The van der Waals surface area contributed by atoms with Crippen molar-refractivity contribution in [2.75, 3.05) is 13.2 Å². The average Bonchev–Trinajstić information content (AvgIpc) is 2.29. The largest absolute Gasteiger partial charge is 0.374 e. The Morgan fingerprint density at radius 3 is 2.72 bits per heavy atom. The summed E-state index contributed by atoms with van der Waals surface area (Å²) in [5, 5.41) is 3.31. The minimum Gasteiger partial charge on any atom is -0.374 e. The Labute approximate surface area is 109 Å². The molecule has 4 heteroatoms. The molecule has 0 saturated heterocycles. The third-order valence-electron chi connectivity index (χ3n) is 2.50. The molecule has 1 N–H and O–H groups in total. The number of pyridine rings is 1. The molecule has 0 amide bonds.